The van der Waals surface area contributed by atoms with Crippen molar-refractivity contribution >= 4 is 11.8 Å². The number of hydrogen-bond acceptors (Lipinski definition) is 6. The molecule has 2 aromatic heterocycles. The third kappa shape index (κ3) is 4.51. The molecular weight excluding hydrogens is 334 g/mol. The summed E-state index contributed by atoms with van der Waals surface area (Å²) in [5.41, 5.74) is 2.39. The molecule has 7 heteroatoms. The molecule has 2 heterocycles. The smallest absolute Gasteiger partial charge is 0.210 e. The molecule has 0 saturated carbocycles. The number of pyridine rings is 1. The van der Waals surface area contributed by atoms with E-state index in [9.17, 15) is 0 Å². The minimum atomic E-state index is 0.276. The van der Waals surface area contributed by atoms with E-state index in [0.29, 0.717) is 16.9 Å². The Balaban J connectivity index is 1.57. The van der Waals surface area contributed by atoms with Gasteiger partial charge >= 0.3 is 0 Å². The Hall–Kier alpha value is -2.54. The Morgan fingerprint density at radius 1 is 1.16 bits per heavy atom. The zero-order valence-electron chi connectivity index (χ0n) is 14.3. The number of nitrogens with two attached hydrogens (primary N) is 1. The highest BCUT2D eigenvalue weighted by molar-refractivity contribution is 7.98. The van der Waals surface area contributed by atoms with Crippen molar-refractivity contribution in [3.05, 3.63) is 65.7 Å². The Morgan fingerprint density at radius 3 is 2.64 bits per heavy atom. The average Bonchev–Trinajstić information content (AvgIpc) is 2.99. The van der Waals surface area contributed by atoms with E-state index >= 15 is 0 Å². The monoisotopic (exact) mass is 355 g/mol. The van der Waals surface area contributed by atoms with Gasteiger partial charge in [-0.2, -0.15) is 0 Å². The summed E-state index contributed by atoms with van der Waals surface area (Å²) in [5.74, 6) is 8.68. The van der Waals surface area contributed by atoms with E-state index < -0.39 is 0 Å². The van der Waals surface area contributed by atoms with Crippen LogP contribution in [0.1, 0.15) is 36.7 Å². The maximum atomic E-state index is 6.07. The minimum Gasteiger partial charge on any atom is -0.486 e. The number of aromatic nitrogens is 4. The second-order valence-electron chi connectivity index (χ2n) is 5.93. The van der Waals surface area contributed by atoms with Crippen LogP contribution in [-0.4, -0.2) is 19.9 Å². The summed E-state index contributed by atoms with van der Waals surface area (Å²) < 4.78 is 7.24. The van der Waals surface area contributed by atoms with Crippen molar-refractivity contribution in [2.24, 2.45) is 0 Å². The molecule has 0 aliphatic carbocycles. The van der Waals surface area contributed by atoms with Gasteiger partial charge in [0, 0.05) is 18.1 Å². The largest absolute Gasteiger partial charge is 0.486 e. The van der Waals surface area contributed by atoms with Crippen LogP contribution >= 0.6 is 11.8 Å². The van der Waals surface area contributed by atoms with Crippen molar-refractivity contribution < 1.29 is 4.74 Å². The minimum absolute atomic E-state index is 0.276. The van der Waals surface area contributed by atoms with Crippen molar-refractivity contribution in [3.63, 3.8) is 0 Å². The zero-order chi connectivity index (χ0) is 17.6. The summed E-state index contributed by atoms with van der Waals surface area (Å²) in [6.45, 7) is 4.60. The van der Waals surface area contributed by atoms with Gasteiger partial charge in [-0.05, 0) is 35.2 Å². The number of thioether (sulfide) groups is 1. The van der Waals surface area contributed by atoms with Crippen molar-refractivity contribution in [1.29, 1.82) is 0 Å². The van der Waals surface area contributed by atoms with E-state index in [1.807, 2.05) is 30.5 Å². The van der Waals surface area contributed by atoms with Crippen LogP contribution in [0.25, 0.3) is 0 Å². The number of hydrogen-bond donors (Lipinski definition) is 1. The molecule has 0 saturated heterocycles. The van der Waals surface area contributed by atoms with Crippen LogP contribution < -0.4 is 10.6 Å². The van der Waals surface area contributed by atoms with E-state index in [0.717, 1.165) is 17.1 Å². The molecule has 0 radical (unpaired) electrons. The van der Waals surface area contributed by atoms with Crippen LogP contribution in [0.5, 0.6) is 5.75 Å². The third-order valence-electron chi connectivity index (χ3n) is 3.74. The van der Waals surface area contributed by atoms with Crippen molar-refractivity contribution in [1.82, 2.24) is 19.9 Å². The highest BCUT2D eigenvalue weighted by Gasteiger charge is 2.11. The summed E-state index contributed by atoms with van der Waals surface area (Å²) in [7, 11) is 0. The van der Waals surface area contributed by atoms with Crippen LogP contribution in [0.3, 0.4) is 0 Å². The maximum Gasteiger partial charge on any atom is 0.210 e. The Labute approximate surface area is 151 Å². The van der Waals surface area contributed by atoms with Crippen LogP contribution in [0.2, 0.25) is 0 Å². The quantitative estimate of drug-likeness (QED) is 0.517. The molecule has 0 aliphatic heterocycles. The first-order valence-electron chi connectivity index (χ1n) is 8.07. The summed E-state index contributed by atoms with van der Waals surface area (Å²) in [4.78, 5) is 4.10. The van der Waals surface area contributed by atoms with Crippen molar-refractivity contribution in [2.75, 3.05) is 5.84 Å². The maximum absolute atomic E-state index is 6.07. The number of nitrogen functional groups attached to an aromatic ring is 1. The van der Waals surface area contributed by atoms with Gasteiger partial charge in [0.05, 0.1) is 0 Å². The lowest BCUT2D eigenvalue weighted by atomic mass is 10.0. The van der Waals surface area contributed by atoms with Crippen LogP contribution in [0.4, 0.5) is 0 Å². The van der Waals surface area contributed by atoms with Crippen molar-refractivity contribution in [2.45, 2.75) is 37.3 Å². The summed E-state index contributed by atoms with van der Waals surface area (Å²) in [6.07, 6.45) is 3.58. The van der Waals surface area contributed by atoms with Crippen LogP contribution in [0, 0.1) is 0 Å². The lowest BCUT2D eigenvalue weighted by molar-refractivity contribution is 0.291. The molecule has 2 N–H and O–H groups in total. The second-order valence-corrected chi connectivity index (χ2v) is 6.87. The Morgan fingerprint density at radius 2 is 1.96 bits per heavy atom. The van der Waals surface area contributed by atoms with Gasteiger partial charge in [-0.25, -0.2) is 4.68 Å². The van der Waals surface area contributed by atoms with E-state index in [1.54, 1.807) is 6.20 Å². The molecule has 0 aliphatic rings. The molecule has 0 atom stereocenters. The number of benzene rings is 1. The standard InChI is InChI=1S/C18H21N5OS/c1-13(2)15-5-7-16(8-6-15)24-11-17-21-22-18(23(17)19)25-12-14-4-3-9-20-10-14/h3-10,13H,11-12,19H2,1-2H3. The molecule has 1 aromatic carbocycles. The molecular formula is C18H21N5OS. The summed E-state index contributed by atoms with van der Waals surface area (Å²) in [6, 6.07) is 12.0. The summed E-state index contributed by atoms with van der Waals surface area (Å²) >= 11 is 1.52. The lowest BCUT2D eigenvalue weighted by Crippen LogP contribution is -2.15. The zero-order valence-corrected chi connectivity index (χ0v) is 15.1. The molecule has 0 fully saturated rings. The SMILES string of the molecule is CC(C)c1ccc(OCc2nnc(SCc3cccnc3)n2N)cc1. The van der Waals surface area contributed by atoms with Gasteiger partial charge in [0.2, 0.25) is 5.16 Å². The molecule has 25 heavy (non-hydrogen) atoms. The molecule has 0 unspecified atom stereocenters. The normalized spacial score (nSPS) is 11.0. The first-order valence-corrected chi connectivity index (χ1v) is 9.06. The number of rotatable bonds is 7. The predicted octanol–water partition coefficient (Wildman–Crippen LogP) is 3.38. The number of ether oxygens (including phenoxy) is 1. The molecule has 0 bridgehead atoms. The molecule has 3 rings (SSSR count). The van der Waals surface area contributed by atoms with Gasteiger partial charge in [-0.15, -0.1) is 10.2 Å². The molecule has 0 spiro atoms. The van der Waals surface area contributed by atoms with Crippen LogP contribution in [0.15, 0.2) is 53.9 Å². The van der Waals surface area contributed by atoms with E-state index in [4.69, 9.17) is 10.6 Å². The van der Waals surface area contributed by atoms with Gasteiger partial charge in [-0.1, -0.05) is 43.8 Å². The fourth-order valence-electron chi connectivity index (χ4n) is 2.23. The van der Waals surface area contributed by atoms with Gasteiger partial charge < -0.3 is 10.6 Å². The van der Waals surface area contributed by atoms with Gasteiger partial charge in [0.15, 0.2) is 5.82 Å². The van der Waals surface area contributed by atoms with E-state index in [-0.39, 0.29) is 6.61 Å². The second kappa shape index (κ2) is 8.02. The highest BCUT2D eigenvalue weighted by atomic mass is 32.2. The topological polar surface area (TPSA) is 78.9 Å². The third-order valence-corrected chi connectivity index (χ3v) is 4.75. The first kappa shape index (κ1) is 17.3. The van der Waals surface area contributed by atoms with Gasteiger partial charge in [-0.3, -0.25) is 4.98 Å². The highest BCUT2D eigenvalue weighted by Crippen LogP contribution is 2.21. The van der Waals surface area contributed by atoms with Gasteiger partial charge in [0.1, 0.15) is 12.4 Å². The molecule has 6 nitrogen and oxygen atoms in total. The lowest BCUT2D eigenvalue weighted by Gasteiger charge is -2.09. The van der Waals surface area contributed by atoms with E-state index in [1.165, 1.54) is 22.0 Å². The van der Waals surface area contributed by atoms with Crippen molar-refractivity contribution in [3.8, 4) is 5.75 Å². The summed E-state index contributed by atoms with van der Waals surface area (Å²) in [5, 5.41) is 8.90. The van der Waals surface area contributed by atoms with E-state index in [2.05, 4.69) is 41.2 Å². The number of nitrogens with zero attached hydrogens (tertiary/aromatic N) is 4. The first-order chi connectivity index (χ1) is 12.1. The fourth-order valence-corrected chi connectivity index (χ4v) is 3.04. The Bertz CT molecular complexity index is 802. The Kier molecular flexibility index (Phi) is 5.55. The molecule has 3 aromatic rings. The van der Waals surface area contributed by atoms with Gasteiger partial charge in [0.25, 0.3) is 0 Å². The molecule has 0 amide bonds. The average molecular weight is 355 g/mol. The van der Waals surface area contributed by atoms with Crippen LogP contribution in [-0.2, 0) is 12.4 Å². The fraction of sp³-hybridized carbons (Fsp3) is 0.278. The predicted molar refractivity (Wildman–Crippen MR) is 98.8 cm³/mol. The molecule has 130 valence electrons.